The van der Waals surface area contributed by atoms with Gasteiger partial charge < -0.3 is 10.4 Å². The van der Waals surface area contributed by atoms with Gasteiger partial charge in [-0.1, -0.05) is 0 Å². The molecule has 0 aliphatic rings. The topological polar surface area (TPSA) is 97.1 Å². The SMILES string of the molecule is Cc1nsc(NC(=O)/C=C/c2ccnn2C)c1C(=O)O. The molecule has 2 rings (SSSR count). The van der Waals surface area contributed by atoms with Crippen molar-refractivity contribution in [2.24, 2.45) is 7.05 Å². The lowest BCUT2D eigenvalue weighted by molar-refractivity contribution is -0.111. The maximum atomic E-state index is 11.8. The molecular weight excluding hydrogens is 280 g/mol. The Hall–Kier alpha value is -2.48. The number of nitrogens with one attached hydrogen (secondary N) is 1. The number of aromatic carboxylic acids is 1. The van der Waals surface area contributed by atoms with Gasteiger partial charge in [0.2, 0.25) is 5.91 Å². The second kappa shape index (κ2) is 5.66. The van der Waals surface area contributed by atoms with Crippen molar-refractivity contribution in [1.29, 1.82) is 0 Å². The Morgan fingerprint density at radius 3 is 2.85 bits per heavy atom. The van der Waals surface area contributed by atoms with E-state index in [1.54, 1.807) is 37.0 Å². The summed E-state index contributed by atoms with van der Waals surface area (Å²) in [5, 5.41) is 15.8. The molecule has 0 radical (unpaired) electrons. The quantitative estimate of drug-likeness (QED) is 0.833. The Morgan fingerprint density at radius 1 is 1.50 bits per heavy atom. The Balaban J connectivity index is 2.11. The van der Waals surface area contributed by atoms with Gasteiger partial charge in [0.1, 0.15) is 10.6 Å². The summed E-state index contributed by atoms with van der Waals surface area (Å²) in [6.07, 6.45) is 4.53. The number of nitrogens with zero attached hydrogens (tertiary/aromatic N) is 3. The van der Waals surface area contributed by atoms with Crippen LogP contribution in [0.2, 0.25) is 0 Å². The molecule has 7 nitrogen and oxygen atoms in total. The molecule has 0 saturated carbocycles. The molecule has 104 valence electrons. The van der Waals surface area contributed by atoms with Crippen LogP contribution in [0, 0.1) is 6.92 Å². The van der Waals surface area contributed by atoms with Crippen molar-refractivity contribution >= 4 is 34.5 Å². The van der Waals surface area contributed by atoms with Gasteiger partial charge in [-0.15, -0.1) is 0 Å². The summed E-state index contributed by atoms with van der Waals surface area (Å²) >= 11 is 0.945. The third kappa shape index (κ3) is 2.91. The fourth-order valence-corrected chi connectivity index (χ4v) is 2.36. The molecule has 1 amide bonds. The minimum Gasteiger partial charge on any atom is -0.478 e. The molecule has 20 heavy (non-hydrogen) atoms. The Kier molecular flexibility index (Phi) is 3.94. The van der Waals surface area contributed by atoms with Gasteiger partial charge in [0.15, 0.2) is 0 Å². The molecule has 0 saturated heterocycles. The summed E-state index contributed by atoms with van der Waals surface area (Å²) in [5.41, 5.74) is 1.17. The van der Waals surface area contributed by atoms with E-state index >= 15 is 0 Å². The largest absolute Gasteiger partial charge is 0.478 e. The Bertz CT molecular complexity index is 687. The van der Waals surface area contributed by atoms with E-state index in [-0.39, 0.29) is 10.6 Å². The lowest BCUT2D eigenvalue weighted by Crippen LogP contribution is -2.10. The average molecular weight is 292 g/mol. The molecule has 0 aliphatic carbocycles. The summed E-state index contributed by atoms with van der Waals surface area (Å²) in [4.78, 5) is 22.8. The van der Waals surface area contributed by atoms with Crippen molar-refractivity contribution in [1.82, 2.24) is 14.2 Å². The van der Waals surface area contributed by atoms with Gasteiger partial charge in [-0.05, 0) is 30.6 Å². The summed E-state index contributed by atoms with van der Waals surface area (Å²) < 4.78 is 5.54. The van der Waals surface area contributed by atoms with Crippen LogP contribution in [0.1, 0.15) is 21.7 Å². The van der Waals surface area contributed by atoms with Crippen molar-refractivity contribution in [2.45, 2.75) is 6.92 Å². The van der Waals surface area contributed by atoms with Crippen molar-refractivity contribution in [3.8, 4) is 0 Å². The van der Waals surface area contributed by atoms with Crippen LogP contribution in [0.15, 0.2) is 18.3 Å². The monoisotopic (exact) mass is 292 g/mol. The van der Waals surface area contributed by atoms with Crippen molar-refractivity contribution < 1.29 is 14.7 Å². The number of hydrogen-bond donors (Lipinski definition) is 2. The van der Waals surface area contributed by atoms with E-state index in [0.29, 0.717) is 5.69 Å². The van der Waals surface area contributed by atoms with E-state index in [2.05, 4.69) is 14.8 Å². The normalized spacial score (nSPS) is 10.9. The van der Waals surface area contributed by atoms with Crippen molar-refractivity contribution in [2.75, 3.05) is 5.32 Å². The number of anilines is 1. The zero-order chi connectivity index (χ0) is 14.7. The number of amides is 1. The summed E-state index contributed by atoms with van der Waals surface area (Å²) in [6.45, 7) is 1.58. The summed E-state index contributed by atoms with van der Waals surface area (Å²) in [5.74, 6) is -1.53. The number of aryl methyl sites for hydroxylation is 2. The molecule has 2 N–H and O–H groups in total. The van der Waals surface area contributed by atoms with Crippen LogP contribution in [-0.2, 0) is 11.8 Å². The first-order valence-electron chi connectivity index (χ1n) is 5.65. The molecule has 0 aliphatic heterocycles. The third-order valence-electron chi connectivity index (χ3n) is 2.58. The van der Waals surface area contributed by atoms with Gasteiger partial charge in [0, 0.05) is 19.3 Å². The highest BCUT2D eigenvalue weighted by atomic mass is 32.1. The number of aromatic nitrogens is 3. The van der Waals surface area contributed by atoms with E-state index in [4.69, 9.17) is 5.11 Å². The van der Waals surface area contributed by atoms with Gasteiger partial charge in [-0.3, -0.25) is 9.48 Å². The van der Waals surface area contributed by atoms with Gasteiger partial charge in [-0.2, -0.15) is 9.47 Å². The van der Waals surface area contributed by atoms with E-state index in [0.717, 1.165) is 17.2 Å². The van der Waals surface area contributed by atoms with Gasteiger partial charge in [-0.25, -0.2) is 4.79 Å². The number of carbonyl (C=O) groups is 2. The molecule has 0 spiro atoms. The first kappa shape index (κ1) is 13.9. The number of carboxylic acid groups (broad SMARTS) is 1. The van der Waals surface area contributed by atoms with E-state index in [1.165, 1.54) is 6.08 Å². The first-order chi connectivity index (χ1) is 9.49. The van der Waals surface area contributed by atoms with E-state index < -0.39 is 11.9 Å². The standard InChI is InChI=1S/C12H12N4O3S/c1-7-10(12(18)19)11(20-15-7)14-9(17)4-3-8-5-6-13-16(8)2/h3-6H,1-2H3,(H,14,17)(H,18,19)/b4-3+. The molecular formula is C12H12N4O3S. The molecule has 0 atom stereocenters. The highest BCUT2D eigenvalue weighted by Gasteiger charge is 2.18. The summed E-state index contributed by atoms with van der Waals surface area (Å²) in [6, 6.07) is 1.75. The van der Waals surface area contributed by atoms with Crippen LogP contribution in [0.3, 0.4) is 0 Å². The fourth-order valence-electron chi connectivity index (χ4n) is 1.57. The van der Waals surface area contributed by atoms with Crippen molar-refractivity contribution in [3.05, 3.63) is 35.3 Å². The van der Waals surface area contributed by atoms with E-state index in [1.807, 2.05) is 0 Å². The average Bonchev–Trinajstić information content (AvgIpc) is 2.93. The molecule has 2 heterocycles. The number of carbonyl (C=O) groups excluding carboxylic acids is 1. The van der Waals surface area contributed by atoms with Crippen LogP contribution in [-0.4, -0.2) is 31.1 Å². The molecule has 8 heteroatoms. The lowest BCUT2D eigenvalue weighted by Gasteiger charge is -2.00. The Labute approximate surface area is 118 Å². The molecule has 0 bridgehead atoms. The van der Waals surface area contributed by atoms with Gasteiger partial charge >= 0.3 is 5.97 Å². The summed E-state index contributed by atoms with van der Waals surface area (Å²) in [7, 11) is 1.76. The fraction of sp³-hybridized carbons (Fsp3) is 0.167. The molecule has 2 aromatic heterocycles. The molecule has 2 aromatic rings. The smallest absolute Gasteiger partial charge is 0.340 e. The second-order valence-corrected chi connectivity index (χ2v) is 4.75. The number of carboxylic acids is 1. The maximum absolute atomic E-state index is 11.8. The molecule has 0 fully saturated rings. The highest BCUT2D eigenvalue weighted by Crippen LogP contribution is 2.24. The minimum absolute atomic E-state index is 0.0253. The molecule has 0 unspecified atom stereocenters. The van der Waals surface area contributed by atoms with Crippen LogP contribution >= 0.6 is 11.5 Å². The predicted molar refractivity (Wildman–Crippen MR) is 74.7 cm³/mol. The van der Waals surface area contributed by atoms with Gasteiger partial charge in [0.05, 0.1) is 11.4 Å². The lowest BCUT2D eigenvalue weighted by atomic mass is 10.2. The molecule has 0 aromatic carbocycles. The van der Waals surface area contributed by atoms with Crippen LogP contribution < -0.4 is 5.32 Å². The number of hydrogen-bond acceptors (Lipinski definition) is 5. The number of rotatable bonds is 4. The van der Waals surface area contributed by atoms with Crippen LogP contribution in [0.25, 0.3) is 6.08 Å². The predicted octanol–water partition coefficient (Wildman–Crippen LogP) is 1.54. The first-order valence-corrected chi connectivity index (χ1v) is 6.43. The zero-order valence-corrected chi connectivity index (χ0v) is 11.6. The second-order valence-electron chi connectivity index (χ2n) is 3.98. The Morgan fingerprint density at radius 2 is 2.25 bits per heavy atom. The minimum atomic E-state index is -1.11. The van der Waals surface area contributed by atoms with Crippen molar-refractivity contribution in [3.63, 3.8) is 0 Å². The third-order valence-corrected chi connectivity index (χ3v) is 3.43. The van der Waals surface area contributed by atoms with Crippen LogP contribution in [0.4, 0.5) is 5.00 Å². The van der Waals surface area contributed by atoms with E-state index in [9.17, 15) is 9.59 Å². The van der Waals surface area contributed by atoms with Crippen LogP contribution in [0.5, 0.6) is 0 Å². The zero-order valence-electron chi connectivity index (χ0n) is 10.8. The van der Waals surface area contributed by atoms with Gasteiger partial charge in [0.25, 0.3) is 0 Å². The highest BCUT2D eigenvalue weighted by molar-refractivity contribution is 7.11. The maximum Gasteiger partial charge on any atom is 0.340 e.